The number of amides is 1. The number of nitrogens with one attached hydrogen (secondary N) is 1. The lowest BCUT2D eigenvalue weighted by Crippen LogP contribution is -2.28. The van der Waals surface area contributed by atoms with Crippen LogP contribution < -0.4 is 0 Å². The number of likely N-dealkylation sites (N-methyl/N-ethyl adjacent to an activating group) is 1. The Morgan fingerprint density at radius 1 is 1.24 bits per heavy atom. The third kappa shape index (κ3) is 3.62. The predicted molar refractivity (Wildman–Crippen MR) is 69.8 cm³/mol. The highest BCUT2D eigenvalue weighted by Crippen LogP contribution is 2.16. The molecule has 7 heteroatoms. The van der Waals surface area contributed by atoms with E-state index in [0.29, 0.717) is 17.8 Å². The van der Waals surface area contributed by atoms with Crippen molar-refractivity contribution >= 4 is 5.91 Å². The van der Waals surface area contributed by atoms with Gasteiger partial charge in [0.25, 0.3) is 0 Å². The van der Waals surface area contributed by atoms with Crippen molar-refractivity contribution in [3.8, 4) is 0 Å². The molecule has 2 rings (SSSR count). The number of rotatable bonds is 4. The molecule has 4 nitrogen and oxygen atoms in total. The molecule has 1 N–H and O–H groups in total. The van der Waals surface area contributed by atoms with Gasteiger partial charge in [-0.05, 0) is 13.0 Å². The first-order chi connectivity index (χ1) is 9.86. The molecule has 0 aliphatic heterocycles. The molecule has 0 spiro atoms. The van der Waals surface area contributed by atoms with Gasteiger partial charge in [-0.25, -0.2) is 13.2 Å². The normalized spacial score (nSPS) is 10.7. The molecule has 1 aromatic heterocycles. The number of halogens is 3. The van der Waals surface area contributed by atoms with E-state index < -0.39 is 35.3 Å². The van der Waals surface area contributed by atoms with Crippen molar-refractivity contribution in [2.24, 2.45) is 0 Å². The van der Waals surface area contributed by atoms with Crippen LogP contribution in [-0.4, -0.2) is 28.1 Å². The number of aromatic amines is 1. The zero-order chi connectivity index (χ0) is 15.6. The number of aromatic nitrogens is 2. The van der Waals surface area contributed by atoms with Crippen LogP contribution in [0.25, 0.3) is 0 Å². The SMILES string of the molecule is Cc1cc(CN(C)C(=O)Cc2c(F)cc(F)cc2F)n[nH]1. The maximum absolute atomic E-state index is 13.5. The zero-order valence-corrected chi connectivity index (χ0v) is 11.6. The number of H-pyrrole nitrogens is 1. The molecule has 0 bridgehead atoms. The first-order valence-corrected chi connectivity index (χ1v) is 6.25. The van der Waals surface area contributed by atoms with Crippen LogP contribution >= 0.6 is 0 Å². The highest BCUT2D eigenvalue weighted by atomic mass is 19.1. The van der Waals surface area contributed by atoms with E-state index in [0.717, 1.165) is 5.69 Å². The summed E-state index contributed by atoms with van der Waals surface area (Å²) in [7, 11) is 1.51. The Morgan fingerprint density at radius 2 is 1.86 bits per heavy atom. The average molecular weight is 297 g/mol. The largest absolute Gasteiger partial charge is 0.339 e. The number of nitrogens with zero attached hydrogens (tertiary/aromatic N) is 2. The molecule has 1 aromatic carbocycles. The monoisotopic (exact) mass is 297 g/mol. The minimum Gasteiger partial charge on any atom is -0.339 e. The van der Waals surface area contributed by atoms with Gasteiger partial charge >= 0.3 is 0 Å². The fraction of sp³-hybridized carbons (Fsp3) is 0.286. The van der Waals surface area contributed by atoms with Crippen LogP contribution in [0.3, 0.4) is 0 Å². The lowest BCUT2D eigenvalue weighted by Gasteiger charge is -2.16. The van der Waals surface area contributed by atoms with Gasteiger partial charge in [0.15, 0.2) is 0 Å². The first kappa shape index (κ1) is 15.1. The highest BCUT2D eigenvalue weighted by molar-refractivity contribution is 5.78. The summed E-state index contributed by atoms with van der Waals surface area (Å²) in [6.07, 6.45) is -0.474. The fourth-order valence-electron chi connectivity index (χ4n) is 1.91. The minimum atomic E-state index is -1.06. The molecule has 1 heterocycles. The van der Waals surface area contributed by atoms with Crippen LogP contribution in [0.4, 0.5) is 13.2 Å². The van der Waals surface area contributed by atoms with E-state index in [1.165, 1.54) is 11.9 Å². The van der Waals surface area contributed by atoms with Crippen molar-refractivity contribution in [3.63, 3.8) is 0 Å². The quantitative estimate of drug-likeness (QED) is 0.941. The third-order valence-electron chi connectivity index (χ3n) is 3.02. The predicted octanol–water partition coefficient (Wildman–Crippen LogP) is 2.34. The van der Waals surface area contributed by atoms with Crippen LogP contribution in [0.5, 0.6) is 0 Å². The molecule has 0 aliphatic rings. The van der Waals surface area contributed by atoms with Crippen molar-refractivity contribution in [3.05, 3.63) is 52.6 Å². The van der Waals surface area contributed by atoms with Gasteiger partial charge in [0.2, 0.25) is 5.91 Å². The minimum absolute atomic E-state index is 0.216. The average Bonchev–Trinajstić information content (AvgIpc) is 2.78. The Balaban J connectivity index is 2.07. The van der Waals surface area contributed by atoms with Gasteiger partial charge in [-0.2, -0.15) is 5.10 Å². The smallest absolute Gasteiger partial charge is 0.227 e. The topological polar surface area (TPSA) is 49.0 Å². The van der Waals surface area contributed by atoms with E-state index in [2.05, 4.69) is 10.2 Å². The third-order valence-corrected chi connectivity index (χ3v) is 3.02. The molecule has 0 atom stereocenters. The van der Waals surface area contributed by atoms with Crippen LogP contribution in [-0.2, 0) is 17.8 Å². The van der Waals surface area contributed by atoms with Crippen LogP contribution in [0, 0.1) is 24.4 Å². The molecule has 112 valence electrons. The van der Waals surface area contributed by atoms with E-state index in [-0.39, 0.29) is 6.54 Å². The number of benzene rings is 1. The fourth-order valence-corrected chi connectivity index (χ4v) is 1.91. The summed E-state index contributed by atoms with van der Waals surface area (Å²) in [5.74, 6) is -3.63. The van der Waals surface area contributed by atoms with Gasteiger partial charge in [0, 0.05) is 30.4 Å². The summed E-state index contributed by atoms with van der Waals surface area (Å²) in [4.78, 5) is 13.3. The molecule has 0 unspecified atom stereocenters. The molecule has 0 radical (unpaired) electrons. The molecular formula is C14H14F3N3O. The summed E-state index contributed by atoms with van der Waals surface area (Å²) in [5.41, 5.74) is 1.05. The van der Waals surface area contributed by atoms with Crippen molar-refractivity contribution in [2.75, 3.05) is 7.05 Å². The summed E-state index contributed by atoms with van der Waals surface area (Å²) in [6.45, 7) is 2.04. The number of aryl methyl sites for hydroxylation is 1. The van der Waals surface area contributed by atoms with Gasteiger partial charge in [0.05, 0.1) is 18.7 Å². The van der Waals surface area contributed by atoms with Crippen molar-refractivity contribution in [1.29, 1.82) is 0 Å². The van der Waals surface area contributed by atoms with Gasteiger partial charge in [-0.1, -0.05) is 0 Å². The molecule has 21 heavy (non-hydrogen) atoms. The molecule has 0 fully saturated rings. The molecule has 0 saturated heterocycles. The lowest BCUT2D eigenvalue weighted by atomic mass is 10.1. The molecular weight excluding hydrogens is 283 g/mol. The van der Waals surface area contributed by atoms with E-state index in [4.69, 9.17) is 0 Å². The van der Waals surface area contributed by atoms with E-state index in [1.54, 1.807) is 6.07 Å². The molecule has 0 saturated carbocycles. The van der Waals surface area contributed by atoms with Gasteiger partial charge in [-0.15, -0.1) is 0 Å². The second-order valence-electron chi connectivity index (χ2n) is 4.82. The number of carbonyl (C=O) groups excluding carboxylic acids is 1. The molecule has 0 aliphatic carbocycles. The standard InChI is InChI=1S/C14H14F3N3O/c1-8-3-10(19-18-8)7-20(2)14(21)6-11-12(16)4-9(15)5-13(11)17/h3-5H,6-7H2,1-2H3,(H,18,19). The van der Waals surface area contributed by atoms with Crippen molar-refractivity contribution < 1.29 is 18.0 Å². The second-order valence-corrected chi connectivity index (χ2v) is 4.82. The number of hydrogen-bond acceptors (Lipinski definition) is 2. The zero-order valence-electron chi connectivity index (χ0n) is 11.6. The molecule has 2 aromatic rings. The highest BCUT2D eigenvalue weighted by Gasteiger charge is 2.18. The summed E-state index contributed by atoms with van der Waals surface area (Å²) >= 11 is 0. The van der Waals surface area contributed by atoms with Crippen molar-refractivity contribution in [2.45, 2.75) is 19.9 Å². The summed E-state index contributed by atoms with van der Waals surface area (Å²) in [6, 6.07) is 2.88. The van der Waals surface area contributed by atoms with E-state index >= 15 is 0 Å². The van der Waals surface area contributed by atoms with E-state index in [1.807, 2.05) is 6.92 Å². The Kier molecular flexibility index (Phi) is 4.30. The Labute approximate surface area is 119 Å². The van der Waals surface area contributed by atoms with Crippen LogP contribution in [0.2, 0.25) is 0 Å². The lowest BCUT2D eigenvalue weighted by molar-refractivity contribution is -0.129. The second kappa shape index (κ2) is 5.99. The van der Waals surface area contributed by atoms with Gasteiger partial charge in [0.1, 0.15) is 17.5 Å². The summed E-state index contributed by atoms with van der Waals surface area (Å²) in [5, 5.41) is 6.71. The maximum Gasteiger partial charge on any atom is 0.227 e. The first-order valence-electron chi connectivity index (χ1n) is 6.25. The summed E-state index contributed by atoms with van der Waals surface area (Å²) < 4.78 is 39.8. The van der Waals surface area contributed by atoms with Crippen molar-refractivity contribution in [1.82, 2.24) is 15.1 Å². The van der Waals surface area contributed by atoms with Crippen LogP contribution in [0.15, 0.2) is 18.2 Å². The number of carbonyl (C=O) groups is 1. The maximum atomic E-state index is 13.5. The van der Waals surface area contributed by atoms with E-state index in [9.17, 15) is 18.0 Å². The van der Waals surface area contributed by atoms with Gasteiger partial charge < -0.3 is 4.90 Å². The molecule has 1 amide bonds. The van der Waals surface area contributed by atoms with Crippen LogP contribution in [0.1, 0.15) is 17.0 Å². The Hall–Kier alpha value is -2.31. The Morgan fingerprint density at radius 3 is 2.38 bits per heavy atom. The number of hydrogen-bond donors (Lipinski definition) is 1. The van der Waals surface area contributed by atoms with Gasteiger partial charge in [-0.3, -0.25) is 9.89 Å². The Bertz CT molecular complexity index is 646.